The van der Waals surface area contributed by atoms with Gasteiger partial charge in [-0.25, -0.2) is 4.79 Å². The van der Waals surface area contributed by atoms with Crippen molar-refractivity contribution in [3.05, 3.63) is 35.9 Å². The lowest BCUT2D eigenvalue weighted by molar-refractivity contribution is -0.121. The third-order valence-corrected chi connectivity index (χ3v) is 2.85. The molecule has 1 aromatic carbocycles. The summed E-state index contributed by atoms with van der Waals surface area (Å²) < 4.78 is 0. The van der Waals surface area contributed by atoms with Crippen molar-refractivity contribution in [2.45, 2.75) is 26.8 Å². The molecule has 0 aliphatic rings. The molecular formula is C15H23N3O2. The Kier molecular flexibility index (Phi) is 7.35. The Labute approximate surface area is 120 Å². The van der Waals surface area contributed by atoms with E-state index >= 15 is 0 Å². The number of imide groups is 1. The van der Waals surface area contributed by atoms with E-state index in [-0.39, 0.29) is 12.5 Å². The number of amides is 3. The predicted molar refractivity (Wildman–Crippen MR) is 79.2 cm³/mol. The van der Waals surface area contributed by atoms with Crippen molar-refractivity contribution in [3.63, 3.8) is 0 Å². The van der Waals surface area contributed by atoms with E-state index in [4.69, 9.17) is 0 Å². The fraction of sp³-hybridized carbons (Fsp3) is 0.467. The first kappa shape index (κ1) is 16.2. The predicted octanol–water partition coefficient (Wildman–Crippen LogP) is 1.74. The van der Waals surface area contributed by atoms with Crippen LogP contribution in [0.3, 0.4) is 0 Å². The van der Waals surface area contributed by atoms with Crippen molar-refractivity contribution >= 4 is 11.9 Å². The zero-order valence-corrected chi connectivity index (χ0v) is 12.2. The smallest absolute Gasteiger partial charge is 0.321 e. The Hall–Kier alpha value is -1.88. The molecule has 0 atom stereocenters. The summed E-state index contributed by atoms with van der Waals surface area (Å²) in [5.74, 6) is -0.281. The highest BCUT2D eigenvalue weighted by molar-refractivity contribution is 5.95. The standard InChI is InChI=1S/C15H23N3O2/c1-3-10-16-15(20)17-14(19)12-18(4-2)11-13-8-6-5-7-9-13/h5-9H,3-4,10-12H2,1-2H3,(H2,16,17,19,20). The Bertz CT molecular complexity index is 420. The van der Waals surface area contributed by atoms with E-state index in [0.29, 0.717) is 13.1 Å². The monoisotopic (exact) mass is 277 g/mol. The van der Waals surface area contributed by atoms with Crippen molar-refractivity contribution < 1.29 is 9.59 Å². The van der Waals surface area contributed by atoms with Crippen LogP contribution in [0.25, 0.3) is 0 Å². The third-order valence-electron chi connectivity index (χ3n) is 2.85. The average molecular weight is 277 g/mol. The molecule has 0 bridgehead atoms. The number of hydrogen-bond donors (Lipinski definition) is 2. The third kappa shape index (κ3) is 6.33. The summed E-state index contributed by atoms with van der Waals surface area (Å²) in [5, 5.41) is 4.95. The molecule has 0 spiro atoms. The van der Waals surface area contributed by atoms with E-state index in [0.717, 1.165) is 18.5 Å². The number of hydrogen-bond acceptors (Lipinski definition) is 3. The minimum Gasteiger partial charge on any atom is -0.338 e. The van der Waals surface area contributed by atoms with E-state index in [1.165, 1.54) is 0 Å². The molecule has 1 rings (SSSR count). The molecule has 0 saturated heterocycles. The molecule has 5 nitrogen and oxygen atoms in total. The van der Waals surface area contributed by atoms with Crippen molar-refractivity contribution in [1.29, 1.82) is 0 Å². The lowest BCUT2D eigenvalue weighted by Crippen LogP contribution is -2.44. The molecule has 110 valence electrons. The number of benzene rings is 1. The van der Waals surface area contributed by atoms with Crippen LogP contribution in [0.1, 0.15) is 25.8 Å². The van der Waals surface area contributed by atoms with Crippen LogP contribution in [0, 0.1) is 0 Å². The summed E-state index contributed by atoms with van der Waals surface area (Å²) in [7, 11) is 0. The van der Waals surface area contributed by atoms with E-state index < -0.39 is 6.03 Å². The number of likely N-dealkylation sites (N-methyl/N-ethyl adjacent to an activating group) is 1. The molecule has 20 heavy (non-hydrogen) atoms. The van der Waals surface area contributed by atoms with Gasteiger partial charge in [-0.3, -0.25) is 15.0 Å². The minimum atomic E-state index is -0.424. The van der Waals surface area contributed by atoms with Gasteiger partial charge < -0.3 is 5.32 Å². The second kappa shape index (κ2) is 9.09. The van der Waals surface area contributed by atoms with Crippen molar-refractivity contribution in [2.24, 2.45) is 0 Å². The number of carbonyl (C=O) groups excluding carboxylic acids is 2. The SMILES string of the molecule is CCCNC(=O)NC(=O)CN(CC)Cc1ccccc1. The zero-order chi connectivity index (χ0) is 14.8. The molecule has 0 aromatic heterocycles. The lowest BCUT2D eigenvalue weighted by Gasteiger charge is -2.19. The minimum absolute atomic E-state index is 0.213. The maximum absolute atomic E-state index is 11.8. The summed E-state index contributed by atoms with van der Waals surface area (Å²) in [6, 6.07) is 9.53. The van der Waals surface area contributed by atoms with Gasteiger partial charge in [-0.1, -0.05) is 44.2 Å². The number of nitrogens with one attached hydrogen (secondary N) is 2. The van der Waals surface area contributed by atoms with Gasteiger partial charge in [0.15, 0.2) is 0 Å². The molecular weight excluding hydrogens is 254 g/mol. The van der Waals surface area contributed by atoms with Gasteiger partial charge in [0.25, 0.3) is 0 Å². The summed E-state index contributed by atoms with van der Waals surface area (Å²) in [5.41, 5.74) is 1.15. The normalized spacial score (nSPS) is 10.3. The highest BCUT2D eigenvalue weighted by Gasteiger charge is 2.12. The first-order valence-electron chi connectivity index (χ1n) is 6.99. The van der Waals surface area contributed by atoms with Gasteiger partial charge in [-0.15, -0.1) is 0 Å². The van der Waals surface area contributed by atoms with Gasteiger partial charge in [0, 0.05) is 13.1 Å². The highest BCUT2D eigenvalue weighted by atomic mass is 16.2. The van der Waals surface area contributed by atoms with Crippen LogP contribution < -0.4 is 10.6 Å². The lowest BCUT2D eigenvalue weighted by atomic mass is 10.2. The molecule has 0 heterocycles. The molecule has 0 fully saturated rings. The van der Waals surface area contributed by atoms with Gasteiger partial charge in [-0.05, 0) is 18.5 Å². The van der Waals surface area contributed by atoms with Crippen LogP contribution in [-0.2, 0) is 11.3 Å². The van der Waals surface area contributed by atoms with Gasteiger partial charge >= 0.3 is 6.03 Å². The second-order valence-electron chi connectivity index (χ2n) is 4.59. The van der Waals surface area contributed by atoms with Crippen molar-refractivity contribution in [3.8, 4) is 0 Å². The molecule has 5 heteroatoms. The molecule has 0 saturated carbocycles. The summed E-state index contributed by atoms with van der Waals surface area (Å²) in [4.78, 5) is 25.1. The first-order chi connectivity index (χ1) is 9.65. The molecule has 3 amide bonds. The number of nitrogens with zero attached hydrogens (tertiary/aromatic N) is 1. The summed E-state index contributed by atoms with van der Waals surface area (Å²) in [6.45, 7) is 6.18. The molecule has 0 aliphatic carbocycles. The van der Waals surface area contributed by atoms with Gasteiger partial charge in [-0.2, -0.15) is 0 Å². The molecule has 0 aliphatic heterocycles. The van der Waals surface area contributed by atoms with Gasteiger partial charge in [0.1, 0.15) is 0 Å². The molecule has 2 N–H and O–H groups in total. The van der Waals surface area contributed by atoms with Gasteiger partial charge in [0.05, 0.1) is 6.54 Å². The first-order valence-corrected chi connectivity index (χ1v) is 6.99. The van der Waals surface area contributed by atoms with Crippen molar-refractivity contribution in [1.82, 2.24) is 15.5 Å². The van der Waals surface area contributed by atoms with E-state index in [1.807, 2.05) is 49.1 Å². The van der Waals surface area contributed by atoms with Crippen molar-refractivity contribution in [2.75, 3.05) is 19.6 Å². The summed E-state index contributed by atoms with van der Waals surface area (Å²) >= 11 is 0. The van der Waals surface area contributed by atoms with E-state index in [9.17, 15) is 9.59 Å². The van der Waals surface area contributed by atoms with Crippen LogP contribution in [0.5, 0.6) is 0 Å². The Morgan fingerprint density at radius 1 is 1.15 bits per heavy atom. The topological polar surface area (TPSA) is 61.4 Å². The number of carbonyl (C=O) groups is 2. The van der Waals surface area contributed by atoms with Crippen LogP contribution in [-0.4, -0.2) is 36.5 Å². The number of rotatable bonds is 7. The maximum Gasteiger partial charge on any atom is 0.321 e. The fourth-order valence-electron chi connectivity index (χ4n) is 1.77. The largest absolute Gasteiger partial charge is 0.338 e. The van der Waals surface area contributed by atoms with Crippen LogP contribution in [0.2, 0.25) is 0 Å². The Balaban J connectivity index is 2.39. The Morgan fingerprint density at radius 2 is 1.85 bits per heavy atom. The maximum atomic E-state index is 11.8. The van der Waals surface area contributed by atoms with Crippen LogP contribution in [0.15, 0.2) is 30.3 Å². The zero-order valence-electron chi connectivity index (χ0n) is 12.2. The molecule has 0 radical (unpaired) electrons. The van der Waals surface area contributed by atoms with Gasteiger partial charge in [0.2, 0.25) is 5.91 Å². The van der Waals surface area contributed by atoms with E-state index in [1.54, 1.807) is 0 Å². The highest BCUT2D eigenvalue weighted by Crippen LogP contribution is 2.03. The fourth-order valence-corrected chi connectivity index (χ4v) is 1.77. The average Bonchev–Trinajstić information content (AvgIpc) is 2.45. The quantitative estimate of drug-likeness (QED) is 0.798. The molecule has 0 unspecified atom stereocenters. The number of urea groups is 1. The van der Waals surface area contributed by atoms with Crippen LogP contribution >= 0.6 is 0 Å². The molecule has 1 aromatic rings. The summed E-state index contributed by atoms with van der Waals surface area (Å²) in [6.07, 6.45) is 0.844. The second-order valence-corrected chi connectivity index (χ2v) is 4.59. The Morgan fingerprint density at radius 3 is 2.45 bits per heavy atom. The van der Waals surface area contributed by atoms with Crippen LogP contribution in [0.4, 0.5) is 4.79 Å². The van der Waals surface area contributed by atoms with E-state index in [2.05, 4.69) is 10.6 Å².